The standard InChI is InChI=1S/C17H19ClFN3O2/c1-10(18)17(24)22-15(7-19)16(23)13-5-3-12(4-6-13)14-8-20-11(2)21-9-14/h3-6,8-10,15-16,23H,7H2,1-2H3,(H,22,24). The number of hydrogen-bond donors (Lipinski definition) is 2. The summed E-state index contributed by atoms with van der Waals surface area (Å²) in [6.07, 6.45) is 2.25. The van der Waals surface area contributed by atoms with Crippen LogP contribution in [0.15, 0.2) is 36.7 Å². The van der Waals surface area contributed by atoms with E-state index >= 15 is 0 Å². The lowest BCUT2D eigenvalue weighted by atomic mass is 10.00. The van der Waals surface area contributed by atoms with Gasteiger partial charge in [0.25, 0.3) is 0 Å². The van der Waals surface area contributed by atoms with Crippen LogP contribution in [0.3, 0.4) is 0 Å². The van der Waals surface area contributed by atoms with Crippen molar-refractivity contribution in [1.82, 2.24) is 15.3 Å². The summed E-state index contributed by atoms with van der Waals surface area (Å²) in [5, 5.41) is 11.9. The summed E-state index contributed by atoms with van der Waals surface area (Å²) in [6.45, 7) is 2.39. The number of carbonyl (C=O) groups is 1. The van der Waals surface area contributed by atoms with Gasteiger partial charge in [0, 0.05) is 18.0 Å². The minimum atomic E-state index is -1.17. The quantitative estimate of drug-likeness (QED) is 0.784. The van der Waals surface area contributed by atoms with E-state index in [-0.39, 0.29) is 0 Å². The van der Waals surface area contributed by atoms with Crippen molar-refractivity contribution in [3.8, 4) is 11.1 Å². The fourth-order valence-corrected chi connectivity index (χ4v) is 2.21. The van der Waals surface area contributed by atoms with Gasteiger partial charge in [-0.2, -0.15) is 0 Å². The van der Waals surface area contributed by atoms with E-state index in [1.165, 1.54) is 6.92 Å². The first-order valence-electron chi connectivity index (χ1n) is 7.50. The monoisotopic (exact) mass is 351 g/mol. The number of aryl methyl sites for hydroxylation is 1. The minimum absolute atomic E-state index is 0.497. The number of rotatable bonds is 6. The fraction of sp³-hybridized carbons (Fsp3) is 0.353. The number of nitrogens with one attached hydrogen (secondary N) is 1. The number of hydrogen-bond acceptors (Lipinski definition) is 4. The average Bonchev–Trinajstić information content (AvgIpc) is 2.59. The number of amides is 1. The van der Waals surface area contributed by atoms with E-state index in [0.717, 1.165) is 11.1 Å². The van der Waals surface area contributed by atoms with Crippen LogP contribution in [0.25, 0.3) is 11.1 Å². The Morgan fingerprint density at radius 2 is 1.83 bits per heavy atom. The Bertz CT molecular complexity index is 677. The Morgan fingerprint density at radius 3 is 2.33 bits per heavy atom. The first kappa shape index (κ1) is 18.3. The first-order chi connectivity index (χ1) is 11.4. The van der Waals surface area contributed by atoms with Gasteiger partial charge >= 0.3 is 0 Å². The number of aromatic nitrogens is 2. The molecule has 0 spiro atoms. The van der Waals surface area contributed by atoms with Gasteiger partial charge in [0.05, 0.1) is 6.04 Å². The van der Waals surface area contributed by atoms with Gasteiger partial charge in [0.2, 0.25) is 5.91 Å². The van der Waals surface area contributed by atoms with Crippen molar-refractivity contribution in [3.05, 3.63) is 48.0 Å². The predicted molar refractivity (Wildman–Crippen MR) is 90.4 cm³/mol. The molecule has 3 atom stereocenters. The molecule has 0 aliphatic heterocycles. The van der Waals surface area contributed by atoms with Gasteiger partial charge in [-0.05, 0) is 25.0 Å². The molecule has 2 N–H and O–H groups in total. The zero-order chi connectivity index (χ0) is 17.7. The SMILES string of the molecule is Cc1ncc(-c2ccc(C(O)C(CF)NC(=O)C(C)Cl)cc2)cn1. The van der Waals surface area contributed by atoms with Crippen molar-refractivity contribution in [2.24, 2.45) is 0 Å². The van der Waals surface area contributed by atoms with Gasteiger partial charge in [-0.1, -0.05) is 24.3 Å². The summed E-state index contributed by atoms with van der Waals surface area (Å²) in [7, 11) is 0. The average molecular weight is 352 g/mol. The van der Waals surface area contributed by atoms with Crippen LogP contribution in [-0.2, 0) is 4.79 Å². The molecule has 1 aromatic carbocycles. The molecule has 1 aromatic heterocycles. The van der Waals surface area contributed by atoms with Crippen molar-refractivity contribution in [1.29, 1.82) is 0 Å². The molecule has 2 rings (SSSR count). The molecule has 0 saturated heterocycles. The summed E-state index contributed by atoms with van der Waals surface area (Å²) in [6, 6.07) is 5.88. The molecule has 0 fully saturated rings. The smallest absolute Gasteiger partial charge is 0.238 e. The van der Waals surface area contributed by atoms with E-state index in [4.69, 9.17) is 11.6 Å². The van der Waals surface area contributed by atoms with Crippen molar-refractivity contribution >= 4 is 17.5 Å². The van der Waals surface area contributed by atoms with Crippen molar-refractivity contribution < 1.29 is 14.3 Å². The maximum absolute atomic E-state index is 13.2. The lowest BCUT2D eigenvalue weighted by molar-refractivity contribution is -0.122. The van der Waals surface area contributed by atoms with Gasteiger partial charge in [-0.15, -0.1) is 11.6 Å². The minimum Gasteiger partial charge on any atom is -0.386 e. The lowest BCUT2D eigenvalue weighted by Crippen LogP contribution is -2.43. The summed E-state index contributed by atoms with van der Waals surface area (Å²) < 4.78 is 13.2. The van der Waals surface area contributed by atoms with E-state index in [2.05, 4.69) is 15.3 Å². The third-order valence-corrected chi connectivity index (χ3v) is 3.80. The zero-order valence-corrected chi connectivity index (χ0v) is 14.2. The molecule has 0 bridgehead atoms. The molecule has 0 radical (unpaired) electrons. The number of aliphatic hydroxyl groups is 1. The van der Waals surface area contributed by atoms with Gasteiger partial charge in [0.1, 0.15) is 24.0 Å². The van der Waals surface area contributed by atoms with Crippen LogP contribution < -0.4 is 5.32 Å². The number of alkyl halides is 2. The Labute approximate surface area is 144 Å². The van der Waals surface area contributed by atoms with Crippen LogP contribution >= 0.6 is 11.6 Å². The van der Waals surface area contributed by atoms with Crippen molar-refractivity contribution in [2.75, 3.05) is 6.67 Å². The molecule has 5 nitrogen and oxygen atoms in total. The van der Waals surface area contributed by atoms with E-state index in [1.54, 1.807) is 43.6 Å². The van der Waals surface area contributed by atoms with Crippen LogP contribution in [0.5, 0.6) is 0 Å². The van der Waals surface area contributed by atoms with E-state index in [0.29, 0.717) is 11.4 Å². The van der Waals surface area contributed by atoms with Gasteiger partial charge in [-0.3, -0.25) is 4.79 Å². The van der Waals surface area contributed by atoms with Crippen LogP contribution in [0.1, 0.15) is 24.4 Å². The van der Waals surface area contributed by atoms with Crippen molar-refractivity contribution in [2.45, 2.75) is 31.4 Å². The number of aliphatic hydroxyl groups excluding tert-OH is 1. The Balaban J connectivity index is 2.13. The summed E-state index contributed by atoms with van der Waals surface area (Å²) >= 11 is 5.65. The largest absolute Gasteiger partial charge is 0.386 e. The molecule has 128 valence electrons. The normalized spacial score (nSPS) is 14.7. The predicted octanol–water partition coefficient (Wildman–Crippen LogP) is 2.57. The first-order valence-corrected chi connectivity index (χ1v) is 7.93. The summed E-state index contributed by atoms with van der Waals surface area (Å²) in [5.41, 5.74) is 2.21. The zero-order valence-electron chi connectivity index (χ0n) is 13.4. The maximum atomic E-state index is 13.2. The van der Waals surface area contributed by atoms with Gasteiger partial charge in [0.15, 0.2) is 0 Å². The summed E-state index contributed by atoms with van der Waals surface area (Å²) in [5.74, 6) is 0.160. The number of benzene rings is 1. The Kier molecular flexibility index (Phi) is 6.23. The maximum Gasteiger partial charge on any atom is 0.238 e. The molecular formula is C17H19ClFN3O2. The van der Waals surface area contributed by atoms with Crippen LogP contribution in [0.4, 0.5) is 4.39 Å². The second kappa shape index (κ2) is 8.17. The molecule has 24 heavy (non-hydrogen) atoms. The topological polar surface area (TPSA) is 75.1 Å². The highest BCUT2D eigenvalue weighted by atomic mass is 35.5. The molecule has 2 aromatic rings. The number of nitrogens with zero attached hydrogens (tertiary/aromatic N) is 2. The second-order valence-corrected chi connectivity index (χ2v) is 6.13. The molecular weight excluding hydrogens is 333 g/mol. The lowest BCUT2D eigenvalue weighted by Gasteiger charge is -2.22. The molecule has 0 aliphatic carbocycles. The molecule has 7 heteroatoms. The number of halogens is 2. The molecule has 3 unspecified atom stereocenters. The third kappa shape index (κ3) is 4.49. The van der Waals surface area contributed by atoms with E-state index in [9.17, 15) is 14.3 Å². The van der Waals surface area contributed by atoms with Gasteiger partial charge < -0.3 is 10.4 Å². The molecule has 1 heterocycles. The van der Waals surface area contributed by atoms with Crippen LogP contribution in [0.2, 0.25) is 0 Å². The van der Waals surface area contributed by atoms with Crippen LogP contribution in [-0.4, -0.2) is 39.1 Å². The second-order valence-electron chi connectivity index (χ2n) is 5.47. The van der Waals surface area contributed by atoms with Gasteiger partial charge in [-0.25, -0.2) is 14.4 Å². The Morgan fingerprint density at radius 1 is 1.25 bits per heavy atom. The summed E-state index contributed by atoms with van der Waals surface area (Å²) in [4.78, 5) is 19.8. The van der Waals surface area contributed by atoms with Crippen molar-refractivity contribution in [3.63, 3.8) is 0 Å². The molecule has 1 amide bonds. The van der Waals surface area contributed by atoms with Crippen LogP contribution in [0, 0.1) is 6.92 Å². The highest BCUT2D eigenvalue weighted by molar-refractivity contribution is 6.30. The van der Waals surface area contributed by atoms with E-state index in [1.807, 2.05) is 0 Å². The fourth-order valence-electron chi connectivity index (χ4n) is 2.15. The highest BCUT2D eigenvalue weighted by Crippen LogP contribution is 2.23. The highest BCUT2D eigenvalue weighted by Gasteiger charge is 2.24. The molecule has 0 saturated carbocycles. The Hall–Kier alpha value is -2.05. The molecule has 0 aliphatic rings. The van der Waals surface area contributed by atoms with E-state index < -0.39 is 30.1 Å². The third-order valence-electron chi connectivity index (χ3n) is 3.60. The number of carbonyl (C=O) groups excluding carboxylic acids is 1.